The van der Waals surface area contributed by atoms with E-state index in [9.17, 15) is 4.79 Å². The third-order valence-corrected chi connectivity index (χ3v) is 4.98. The van der Waals surface area contributed by atoms with Crippen molar-refractivity contribution >= 4 is 22.6 Å². The molecule has 4 rings (SSSR count). The zero-order chi connectivity index (χ0) is 17.8. The number of carbonyl (C=O) groups excluding carboxylic acids is 1. The van der Waals surface area contributed by atoms with Gasteiger partial charge in [0.15, 0.2) is 0 Å². The van der Waals surface area contributed by atoms with E-state index in [4.69, 9.17) is 0 Å². The maximum atomic E-state index is 12.4. The molecule has 1 aromatic carbocycles. The maximum Gasteiger partial charge on any atom is 0.228 e. The molecule has 3 aromatic rings. The number of amides is 1. The molecule has 0 aliphatic carbocycles. The molecule has 26 heavy (non-hydrogen) atoms. The highest BCUT2D eigenvalue weighted by molar-refractivity contribution is 5.91. The Morgan fingerprint density at radius 3 is 2.62 bits per heavy atom. The summed E-state index contributed by atoms with van der Waals surface area (Å²) in [5.74, 6) is 0.760. The Morgan fingerprint density at radius 2 is 1.81 bits per heavy atom. The fourth-order valence-corrected chi connectivity index (χ4v) is 3.55. The van der Waals surface area contributed by atoms with Crippen LogP contribution in [0.25, 0.3) is 10.9 Å². The van der Waals surface area contributed by atoms with Crippen molar-refractivity contribution in [3.63, 3.8) is 0 Å². The number of hydrogen-bond acceptors (Lipinski definition) is 4. The molecule has 1 aliphatic rings. The van der Waals surface area contributed by atoms with Gasteiger partial charge in [0.1, 0.15) is 5.82 Å². The lowest BCUT2D eigenvalue weighted by atomic mass is 9.95. The fourth-order valence-electron chi connectivity index (χ4n) is 3.55. The SMILES string of the molecule is O=C(Nc1ccccn1)C1CCN(Cc2cccc3cccnc23)CC1. The number of benzene rings is 1. The molecule has 0 radical (unpaired) electrons. The normalized spacial score (nSPS) is 15.8. The molecular weight excluding hydrogens is 324 g/mol. The van der Waals surface area contributed by atoms with Gasteiger partial charge in [-0.05, 0) is 49.7 Å². The summed E-state index contributed by atoms with van der Waals surface area (Å²) in [4.78, 5) is 23.5. The second-order valence-corrected chi connectivity index (χ2v) is 6.75. The fraction of sp³-hybridized carbons (Fsp3) is 0.286. The highest BCUT2D eigenvalue weighted by Gasteiger charge is 2.25. The third kappa shape index (κ3) is 3.73. The molecule has 1 amide bonds. The van der Waals surface area contributed by atoms with E-state index in [0.717, 1.165) is 38.0 Å². The van der Waals surface area contributed by atoms with Crippen molar-refractivity contribution in [2.75, 3.05) is 18.4 Å². The molecule has 1 aliphatic heterocycles. The number of piperidine rings is 1. The van der Waals surface area contributed by atoms with Gasteiger partial charge in [-0.15, -0.1) is 0 Å². The van der Waals surface area contributed by atoms with Crippen LogP contribution in [0.1, 0.15) is 18.4 Å². The molecule has 1 N–H and O–H groups in total. The van der Waals surface area contributed by atoms with Gasteiger partial charge in [0.2, 0.25) is 5.91 Å². The molecule has 5 heteroatoms. The highest BCUT2D eigenvalue weighted by Crippen LogP contribution is 2.23. The predicted octanol–water partition coefficient (Wildman–Crippen LogP) is 3.48. The quantitative estimate of drug-likeness (QED) is 0.786. The Balaban J connectivity index is 1.35. The predicted molar refractivity (Wildman–Crippen MR) is 103 cm³/mol. The number of carbonyl (C=O) groups is 1. The summed E-state index contributed by atoms with van der Waals surface area (Å²) in [6.45, 7) is 2.72. The summed E-state index contributed by atoms with van der Waals surface area (Å²) in [6, 6.07) is 15.9. The number of rotatable bonds is 4. The Bertz CT molecular complexity index is 883. The van der Waals surface area contributed by atoms with Crippen molar-refractivity contribution in [1.29, 1.82) is 0 Å². The van der Waals surface area contributed by atoms with Gasteiger partial charge in [-0.25, -0.2) is 4.98 Å². The lowest BCUT2D eigenvalue weighted by molar-refractivity contribution is -0.121. The molecular formula is C21H22N4O. The number of hydrogen-bond donors (Lipinski definition) is 1. The molecule has 132 valence electrons. The Morgan fingerprint density at radius 1 is 1.00 bits per heavy atom. The van der Waals surface area contributed by atoms with Gasteiger partial charge in [-0.2, -0.15) is 0 Å². The lowest BCUT2D eigenvalue weighted by Gasteiger charge is -2.31. The molecule has 0 atom stereocenters. The lowest BCUT2D eigenvalue weighted by Crippen LogP contribution is -2.37. The van der Waals surface area contributed by atoms with Crippen molar-refractivity contribution in [2.45, 2.75) is 19.4 Å². The van der Waals surface area contributed by atoms with Crippen LogP contribution in [0.3, 0.4) is 0 Å². The first-order valence-electron chi connectivity index (χ1n) is 9.06. The average Bonchev–Trinajstić information content (AvgIpc) is 2.70. The summed E-state index contributed by atoms with van der Waals surface area (Å²) >= 11 is 0. The minimum atomic E-state index is 0.0545. The van der Waals surface area contributed by atoms with E-state index in [1.165, 1.54) is 10.9 Å². The van der Waals surface area contributed by atoms with Crippen LogP contribution in [-0.4, -0.2) is 33.9 Å². The number of aromatic nitrogens is 2. The van der Waals surface area contributed by atoms with E-state index in [0.29, 0.717) is 5.82 Å². The summed E-state index contributed by atoms with van der Waals surface area (Å²) in [6.07, 6.45) is 5.28. The summed E-state index contributed by atoms with van der Waals surface area (Å²) < 4.78 is 0. The van der Waals surface area contributed by atoms with Gasteiger partial charge in [0.05, 0.1) is 5.52 Å². The van der Waals surface area contributed by atoms with E-state index in [-0.39, 0.29) is 11.8 Å². The molecule has 0 bridgehead atoms. The number of para-hydroxylation sites is 1. The Hall–Kier alpha value is -2.79. The van der Waals surface area contributed by atoms with Gasteiger partial charge in [0, 0.05) is 30.2 Å². The van der Waals surface area contributed by atoms with Gasteiger partial charge >= 0.3 is 0 Å². The van der Waals surface area contributed by atoms with Crippen LogP contribution < -0.4 is 5.32 Å². The number of likely N-dealkylation sites (tertiary alicyclic amines) is 1. The number of fused-ring (bicyclic) bond motifs is 1. The van der Waals surface area contributed by atoms with Gasteiger partial charge in [-0.3, -0.25) is 14.7 Å². The van der Waals surface area contributed by atoms with Crippen LogP contribution in [0, 0.1) is 5.92 Å². The Kier molecular flexibility index (Phi) is 4.88. The first kappa shape index (κ1) is 16.7. The smallest absolute Gasteiger partial charge is 0.228 e. The maximum absolute atomic E-state index is 12.4. The van der Waals surface area contributed by atoms with Crippen LogP contribution in [0.2, 0.25) is 0 Å². The Labute approximate surface area is 153 Å². The summed E-state index contributed by atoms with van der Waals surface area (Å²) in [7, 11) is 0. The van der Waals surface area contributed by atoms with Gasteiger partial charge in [-0.1, -0.05) is 30.3 Å². The van der Waals surface area contributed by atoms with Gasteiger partial charge < -0.3 is 5.32 Å². The highest BCUT2D eigenvalue weighted by atomic mass is 16.1. The van der Waals surface area contributed by atoms with Crippen LogP contribution in [0.15, 0.2) is 60.9 Å². The second kappa shape index (κ2) is 7.62. The van der Waals surface area contributed by atoms with Gasteiger partial charge in [0.25, 0.3) is 0 Å². The van der Waals surface area contributed by atoms with Crippen molar-refractivity contribution in [3.05, 3.63) is 66.5 Å². The largest absolute Gasteiger partial charge is 0.310 e. The third-order valence-electron chi connectivity index (χ3n) is 4.98. The van der Waals surface area contributed by atoms with Crippen molar-refractivity contribution in [3.8, 4) is 0 Å². The molecule has 0 saturated carbocycles. The molecule has 0 unspecified atom stereocenters. The topological polar surface area (TPSA) is 58.1 Å². The zero-order valence-corrected chi connectivity index (χ0v) is 14.6. The minimum absolute atomic E-state index is 0.0545. The van der Waals surface area contributed by atoms with E-state index in [1.807, 2.05) is 30.5 Å². The monoisotopic (exact) mass is 346 g/mol. The van der Waals surface area contributed by atoms with Crippen LogP contribution >= 0.6 is 0 Å². The first-order valence-corrected chi connectivity index (χ1v) is 9.06. The van der Waals surface area contributed by atoms with E-state index >= 15 is 0 Å². The number of anilines is 1. The van der Waals surface area contributed by atoms with Crippen LogP contribution in [0.5, 0.6) is 0 Å². The standard InChI is InChI=1S/C21H22N4O/c26-21(24-19-8-1-2-11-22-19)17-9-13-25(14-10-17)15-18-6-3-5-16-7-4-12-23-20(16)18/h1-8,11-12,17H,9-10,13-15H2,(H,22,24,26). The molecule has 1 saturated heterocycles. The number of nitrogens with one attached hydrogen (secondary N) is 1. The summed E-state index contributed by atoms with van der Waals surface area (Å²) in [5, 5.41) is 4.10. The number of nitrogens with zero attached hydrogens (tertiary/aromatic N) is 3. The molecule has 5 nitrogen and oxygen atoms in total. The minimum Gasteiger partial charge on any atom is -0.310 e. The van der Waals surface area contributed by atoms with Crippen molar-refractivity contribution in [1.82, 2.24) is 14.9 Å². The molecule has 3 heterocycles. The summed E-state index contributed by atoms with van der Waals surface area (Å²) in [5.41, 5.74) is 2.32. The van der Waals surface area contributed by atoms with Crippen molar-refractivity contribution in [2.24, 2.45) is 5.92 Å². The number of pyridine rings is 2. The second-order valence-electron chi connectivity index (χ2n) is 6.75. The first-order chi connectivity index (χ1) is 12.8. The van der Waals surface area contributed by atoms with E-state index < -0.39 is 0 Å². The van der Waals surface area contributed by atoms with Crippen molar-refractivity contribution < 1.29 is 4.79 Å². The van der Waals surface area contributed by atoms with Crippen LogP contribution in [-0.2, 0) is 11.3 Å². The molecule has 0 spiro atoms. The van der Waals surface area contributed by atoms with E-state index in [2.05, 4.69) is 44.5 Å². The zero-order valence-electron chi connectivity index (χ0n) is 14.6. The van der Waals surface area contributed by atoms with Crippen LogP contribution in [0.4, 0.5) is 5.82 Å². The molecule has 2 aromatic heterocycles. The van der Waals surface area contributed by atoms with E-state index in [1.54, 1.807) is 6.20 Å². The molecule has 1 fully saturated rings. The average molecular weight is 346 g/mol.